The molecule has 1 unspecified atom stereocenters. The lowest BCUT2D eigenvalue weighted by atomic mass is 10.0. The van der Waals surface area contributed by atoms with E-state index in [-0.39, 0.29) is 12.1 Å². The lowest BCUT2D eigenvalue weighted by Gasteiger charge is -2.16. The third kappa shape index (κ3) is 13.0. The molecule has 0 aromatic carbocycles. The molecule has 0 radical (unpaired) electrons. The lowest BCUT2D eigenvalue weighted by Crippen LogP contribution is -2.18. The summed E-state index contributed by atoms with van der Waals surface area (Å²) in [5.74, 6) is -0.126. The summed E-state index contributed by atoms with van der Waals surface area (Å²) in [6.07, 6.45) is 15.3. The predicted octanol–water partition coefficient (Wildman–Crippen LogP) is 6.01. The van der Waals surface area contributed by atoms with Crippen LogP contribution in [0.5, 0.6) is 0 Å². The average molecular weight is 349 g/mol. The SMILES string of the molecule is CCCCCCCCCCCC(CCC)OC(=O)CBr. The second-order valence-electron chi connectivity index (χ2n) is 5.65. The van der Waals surface area contributed by atoms with Crippen LogP contribution in [-0.4, -0.2) is 17.4 Å². The summed E-state index contributed by atoms with van der Waals surface area (Å²) in [5, 5.41) is 0.310. The predicted molar refractivity (Wildman–Crippen MR) is 90.4 cm³/mol. The first-order valence-corrected chi connectivity index (χ1v) is 9.62. The topological polar surface area (TPSA) is 26.3 Å². The Morgan fingerprint density at radius 3 is 1.90 bits per heavy atom. The number of esters is 1. The fourth-order valence-electron chi connectivity index (χ4n) is 2.48. The van der Waals surface area contributed by atoms with Gasteiger partial charge in [0.15, 0.2) is 0 Å². The van der Waals surface area contributed by atoms with E-state index < -0.39 is 0 Å². The maximum absolute atomic E-state index is 11.3. The van der Waals surface area contributed by atoms with Crippen LogP contribution in [0.1, 0.15) is 90.9 Å². The van der Waals surface area contributed by atoms with E-state index in [1.165, 1.54) is 57.8 Å². The number of halogens is 1. The molecular weight excluding hydrogens is 316 g/mol. The Labute approximate surface area is 134 Å². The summed E-state index contributed by atoms with van der Waals surface area (Å²) in [4.78, 5) is 11.3. The van der Waals surface area contributed by atoms with Crippen molar-refractivity contribution in [1.82, 2.24) is 0 Å². The normalized spacial score (nSPS) is 12.3. The van der Waals surface area contributed by atoms with Crippen molar-refractivity contribution in [3.05, 3.63) is 0 Å². The van der Waals surface area contributed by atoms with E-state index in [9.17, 15) is 4.79 Å². The summed E-state index contributed by atoms with van der Waals surface area (Å²) in [5.41, 5.74) is 0. The van der Waals surface area contributed by atoms with Crippen LogP contribution in [0.15, 0.2) is 0 Å². The van der Waals surface area contributed by atoms with Gasteiger partial charge in [0.2, 0.25) is 0 Å². The highest BCUT2D eigenvalue weighted by molar-refractivity contribution is 9.09. The van der Waals surface area contributed by atoms with E-state index in [2.05, 4.69) is 29.8 Å². The summed E-state index contributed by atoms with van der Waals surface area (Å²) in [6, 6.07) is 0. The molecule has 0 N–H and O–H groups in total. The van der Waals surface area contributed by atoms with Gasteiger partial charge in [0.05, 0.1) is 0 Å². The first-order chi connectivity index (χ1) is 9.74. The van der Waals surface area contributed by atoms with Crippen LogP contribution in [0.2, 0.25) is 0 Å². The summed E-state index contributed by atoms with van der Waals surface area (Å²) >= 11 is 3.15. The molecule has 0 heterocycles. The minimum Gasteiger partial charge on any atom is -0.462 e. The molecule has 1 atom stereocenters. The van der Waals surface area contributed by atoms with Crippen LogP contribution >= 0.6 is 15.9 Å². The fourth-order valence-corrected chi connectivity index (χ4v) is 2.62. The summed E-state index contributed by atoms with van der Waals surface area (Å²) in [6.45, 7) is 4.40. The molecule has 0 aliphatic heterocycles. The van der Waals surface area contributed by atoms with Crippen LogP contribution in [0.4, 0.5) is 0 Å². The highest BCUT2D eigenvalue weighted by atomic mass is 79.9. The highest BCUT2D eigenvalue weighted by Crippen LogP contribution is 2.15. The van der Waals surface area contributed by atoms with E-state index in [4.69, 9.17) is 4.74 Å². The zero-order chi connectivity index (χ0) is 15.1. The number of alkyl halides is 1. The van der Waals surface area contributed by atoms with Gasteiger partial charge in [-0.1, -0.05) is 87.6 Å². The minimum atomic E-state index is -0.126. The number of rotatable bonds is 14. The molecule has 0 saturated carbocycles. The summed E-state index contributed by atoms with van der Waals surface area (Å²) < 4.78 is 5.43. The number of hydrogen-bond donors (Lipinski definition) is 0. The van der Waals surface area contributed by atoms with Gasteiger partial charge in [-0.05, 0) is 19.3 Å². The van der Waals surface area contributed by atoms with Gasteiger partial charge in [-0.15, -0.1) is 0 Å². The minimum absolute atomic E-state index is 0.126. The molecule has 0 saturated heterocycles. The van der Waals surface area contributed by atoms with Crippen molar-refractivity contribution in [3.63, 3.8) is 0 Å². The number of hydrogen-bond acceptors (Lipinski definition) is 2. The Morgan fingerprint density at radius 2 is 1.40 bits per heavy atom. The molecule has 20 heavy (non-hydrogen) atoms. The van der Waals surface area contributed by atoms with Crippen LogP contribution in [0, 0.1) is 0 Å². The van der Waals surface area contributed by atoms with Gasteiger partial charge in [0, 0.05) is 0 Å². The van der Waals surface area contributed by atoms with E-state index in [0.717, 1.165) is 19.3 Å². The van der Waals surface area contributed by atoms with Gasteiger partial charge in [0.25, 0.3) is 0 Å². The van der Waals surface area contributed by atoms with Gasteiger partial charge in [0.1, 0.15) is 11.4 Å². The Morgan fingerprint density at radius 1 is 0.850 bits per heavy atom. The quantitative estimate of drug-likeness (QED) is 0.218. The van der Waals surface area contributed by atoms with Crippen LogP contribution < -0.4 is 0 Å². The van der Waals surface area contributed by atoms with Crippen molar-refractivity contribution in [2.75, 3.05) is 5.33 Å². The first kappa shape index (κ1) is 19.9. The van der Waals surface area contributed by atoms with Gasteiger partial charge in [-0.25, -0.2) is 0 Å². The monoisotopic (exact) mass is 348 g/mol. The number of unbranched alkanes of at least 4 members (excludes halogenated alkanes) is 8. The largest absolute Gasteiger partial charge is 0.462 e. The number of ether oxygens (including phenoxy) is 1. The Kier molecular flexibility index (Phi) is 15.3. The third-order valence-corrected chi connectivity index (χ3v) is 4.11. The van der Waals surface area contributed by atoms with Crippen molar-refractivity contribution < 1.29 is 9.53 Å². The van der Waals surface area contributed by atoms with Crippen LogP contribution in [-0.2, 0) is 9.53 Å². The standard InChI is InChI=1S/C17H33BrO2/c1-3-5-6-7-8-9-10-11-12-14-16(13-4-2)20-17(19)15-18/h16H,3-15H2,1-2H3. The van der Waals surface area contributed by atoms with Crippen molar-refractivity contribution in [3.8, 4) is 0 Å². The molecule has 0 aliphatic carbocycles. The second-order valence-corrected chi connectivity index (χ2v) is 6.21. The van der Waals surface area contributed by atoms with Crippen molar-refractivity contribution >= 4 is 21.9 Å². The Hall–Kier alpha value is -0.0500. The zero-order valence-electron chi connectivity index (χ0n) is 13.5. The average Bonchev–Trinajstić information content (AvgIpc) is 2.45. The van der Waals surface area contributed by atoms with Gasteiger partial charge >= 0.3 is 5.97 Å². The third-order valence-electron chi connectivity index (χ3n) is 3.65. The van der Waals surface area contributed by atoms with E-state index in [0.29, 0.717) is 5.33 Å². The van der Waals surface area contributed by atoms with Crippen molar-refractivity contribution in [1.29, 1.82) is 0 Å². The highest BCUT2D eigenvalue weighted by Gasteiger charge is 2.12. The molecule has 0 aliphatic rings. The molecule has 0 bridgehead atoms. The van der Waals surface area contributed by atoms with Crippen molar-refractivity contribution in [2.45, 2.75) is 97.0 Å². The molecule has 0 spiro atoms. The van der Waals surface area contributed by atoms with Crippen molar-refractivity contribution in [2.24, 2.45) is 0 Å². The summed E-state index contributed by atoms with van der Waals surface area (Å²) in [7, 11) is 0. The first-order valence-electron chi connectivity index (χ1n) is 8.50. The van der Waals surface area contributed by atoms with E-state index in [1.54, 1.807) is 0 Å². The second kappa shape index (κ2) is 15.3. The molecule has 0 aromatic rings. The molecule has 0 amide bonds. The molecule has 0 rings (SSSR count). The zero-order valence-corrected chi connectivity index (χ0v) is 15.1. The number of carbonyl (C=O) groups is 1. The van der Waals surface area contributed by atoms with E-state index >= 15 is 0 Å². The van der Waals surface area contributed by atoms with Gasteiger partial charge in [-0.3, -0.25) is 4.79 Å². The van der Waals surface area contributed by atoms with E-state index in [1.807, 2.05) is 0 Å². The molecule has 120 valence electrons. The maximum Gasteiger partial charge on any atom is 0.316 e. The Balaban J connectivity index is 3.46. The molecule has 3 heteroatoms. The lowest BCUT2D eigenvalue weighted by molar-refractivity contribution is -0.146. The van der Waals surface area contributed by atoms with Crippen LogP contribution in [0.25, 0.3) is 0 Å². The maximum atomic E-state index is 11.3. The number of carbonyl (C=O) groups excluding carboxylic acids is 1. The molecule has 0 fully saturated rings. The molecule has 0 aromatic heterocycles. The van der Waals surface area contributed by atoms with Gasteiger partial charge < -0.3 is 4.74 Å². The fraction of sp³-hybridized carbons (Fsp3) is 0.941. The molecule has 2 nitrogen and oxygen atoms in total. The smallest absolute Gasteiger partial charge is 0.316 e. The van der Waals surface area contributed by atoms with Gasteiger partial charge in [-0.2, -0.15) is 0 Å². The Bertz CT molecular complexity index is 219. The van der Waals surface area contributed by atoms with Crippen LogP contribution in [0.3, 0.4) is 0 Å². The molecular formula is C17H33BrO2.